The van der Waals surface area contributed by atoms with Crippen molar-refractivity contribution in [3.05, 3.63) is 35.9 Å². The molecule has 0 radical (unpaired) electrons. The largest absolute Gasteiger partial charge is 0.293 e. The predicted molar refractivity (Wildman–Crippen MR) is 50.0 cm³/mol. The Kier molecular flexibility index (Phi) is 2.00. The lowest BCUT2D eigenvalue weighted by molar-refractivity contribution is -0.124. The number of nitrogens with one attached hydrogen (secondary N) is 1. The van der Waals surface area contributed by atoms with Gasteiger partial charge in [-0.2, -0.15) is 0 Å². The van der Waals surface area contributed by atoms with Crippen molar-refractivity contribution in [2.24, 2.45) is 5.84 Å². The molecule has 4 heteroatoms. The van der Waals surface area contributed by atoms with E-state index in [0.29, 0.717) is 5.56 Å². The second kappa shape index (κ2) is 3.06. The molecule has 1 fully saturated rings. The minimum Gasteiger partial charge on any atom is -0.293 e. The summed E-state index contributed by atoms with van der Waals surface area (Å²) in [6.45, 7) is 0. The minimum atomic E-state index is -1.12. The third-order valence-corrected chi connectivity index (χ3v) is 2.70. The van der Waals surface area contributed by atoms with E-state index >= 15 is 0 Å². The van der Waals surface area contributed by atoms with Crippen LogP contribution in [0.15, 0.2) is 30.3 Å². The van der Waals surface area contributed by atoms with Crippen LogP contribution < -0.4 is 11.3 Å². The van der Waals surface area contributed by atoms with Gasteiger partial charge in [-0.25, -0.2) is 10.2 Å². The first-order valence-corrected chi connectivity index (χ1v) is 4.42. The lowest BCUT2D eigenvalue weighted by Crippen LogP contribution is -2.40. The molecular weight excluding hydrogens is 183 g/mol. The van der Waals surface area contributed by atoms with E-state index < -0.39 is 17.5 Å². The van der Waals surface area contributed by atoms with Crippen LogP contribution in [0.1, 0.15) is 12.0 Å². The Labute approximate surface area is 81.1 Å². The molecule has 1 aromatic carbocycles. The first kappa shape index (κ1) is 9.15. The molecule has 0 spiro atoms. The smallest absolute Gasteiger partial charge is 0.247 e. The van der Waals surface area contributed by atoms with E-state index in [-0.39, 0.29) is 6.42 Å². The zero-order valence-corrected chi connectivity index (χ0v) is 7.53. The van der Waals surface area contributed by atoms with Crippen LogP contribution in [-0.2, 0) is 10.2 Å². The number of hydrogen-bond acceptors (Lipinski definition) is 2. The number of nitrogens with two attached hydrogens (primary N) is 1. The van der Waals surface area contributed by atoms with Crippen molar-refractivity contribution in [3.63, 3.8) is 0 Å². The van der Waals surface area contributed by atoms with Crippen molar-refractivity contribution >= 4 is 5.91 Å². The number of rotatable bonds is 2. The second-order valence-electron chi connectivity index (χ2n) is 3.48. The van der Waals surface area contributed by atoms with E-state index in [9.17, 15) is 9.18 Å². The highest BCUT2D eigenvalue weighted by molar-refractivity contribution is 5.92. The van der Waals surface area contributed by atoms with Crippen LogP contribution >= 0.6 is 0 Å². The Morgan fingerprint density at radius 1 is 1.50 bits per heavy atom. The van der Waals surface area contributed by atoms with Crippen LogP contribution in [0.4, 0.5) is 4.39 Å². The third kappa shape index (κ3) is 1.11. The quantitative estimate of drug-likeness (QED) is 0.412. The molecule has 0 unspecified atom stereocenters. The normalized spacial score (nSPS) is 29.7. The molecule has 1 aliphatic carbocycles. The highest BCUT2D eigenvalue weighted by atomic mass is 19.1. The Balaban J connectivity index is 2.36. The maximum absolute atomic E-state index is 13.2. The van der Waals surface area contributed by atoms with E-state index in [4.69, 9.17) is 5.84 Å². The Bertz CT molecular complexity index is 354. The summed E-state index contributed by atoms with van der Waals surface area (Å²) in [4.78, 5) is 11.4. The molecule has 1 aromatic rings. The van der Waals surface area contributed by atoms with Crippen LogP contribution in [0.5, 0.6) is 0 Å². The molecule has 0 aliphatic heterocycles. The summed E-state index contributed by atoms with van der Waals surface area (Å²) >= 11 is 0. The molecule has 0 aromatic heterocycles. The molecule has 3 N–H and O–H groups in total. The van der Waals surface area contributed by atoms with Gasteiger partial charge >= 0.3 is 0 Å². The number of amides is 1. The summed E-state index contributed by atoms with van der Waals surface area (Å²) in [7, 11) is 0. The number of hydrazine groups is 1. The van der Waals surface area contributed by atoms with Gasteiger partial charge in [0.1, 0.15) is 11.6 Å². The first-order chi connectivity index (χ1) is 6.71. The Morgan fingerprint density at radius 2 is 2.07 bits per heavy atom. The summed E-state index contributed by atoms with van der Waals surface area (Å²) in [5, 5.41) is 0. The molecule has 74 valence electrons. The van der Waals surface area contributed by atoms with Crippen molar-refractivity contribution in [1.29, 1.82) is 0 Å². The van der Waals surface area contributed by atoms with Crippen LogP contribution in [0, 0.1) is 0 Å². The van der Waals surface area contributed by atoms with Gasteiger partial charge in [-0.3, -0.25) is 10.2 Å². The third-order valence-electron chi connectivity index (χ3n) is 2.70. The summed E-state index contributed by atoms with van der Waals surface area (Å²) in [6.07, 6.45) is -0.895. The highest BCUT2D eigenvalue weighted by Gasteiger charge is 2.62. The van der Waals surface area contributed by atoms with Gasteiger partial charge in [-0.15, -0.1) is 0 Å². The van der Waals surface area contributed by atoms with Gasteiger partial charge < -0.3 is 0 Å². The maximum atomic E-state index is 13.2. The molecule has 1 saturated carbocycles. The topological polar surface area (TPSA) is 55.1 Å². The molecule has 0 heterocycles. The molecule has 3 nitrogen and oxygen atoms in total. The van der Waals surface area contributed by atoms with Crippen molar-refractivity contribution < 1.29 is 9.18 Å². The van der Waals surface area contributed by atoms with Crippen LogP contribution in [0.2, 0.25) is 0 Å². The Hall–Kier alpha value is -1.42. The van der Waals surface area contributed by atoms with Crippen LogP contribution in [0.25, 0.3) is 0 Å². The van der Waals surface area contributed by atoms with Crippen molar-refractivity contribution in [2.45, 2.75) is 18.0 Å². The average molecular weight is 194 g/mol. The fourth-order valence-electron chi connectivity index (χ4n) is 1.75. The summed E-state index contributed by atoms with van der Waals surface area (Å²) in [5.41, 5.74) is 1.68. The summed E-state index contributed by atoms with van der Waals surface area (Å²) in [5.74, 6) is 4.58. The van der Waals surface area contributed by atoms with E-state index in [1.54, 1.807) is 24.3 Å². The fourth-order valence-corrected chi connectivity index (χ4v) is 1.75. The number of carbonyl (C=O) groups is 1. The van der Waals surface area contributed by atoms with Gasteiger partial charge in [0.15, 0.2) is 0 Å². The van der Waals surface area contributed by atoms with Crippen LogP contribution in [-0.4, -0.2) is 12.1 Å². The first-order valence-electron chi connectivity index (χ1n) is 4.42. The van der Waals surface area contributed by atoms with Crippen molar-refractivity contribution in [2.75, 3.05) is 0 Å². The molecule has 1 amide bonds. The number of benzene rings is 1. The molecule has 14 heavy (non-hydrogen) atoms. The van der Waals surface area contributed by atoms with Crippen molar-refractivity contribution in [1.82, 2.24) is 5.43 Å². The lowest BCUT2D eigenvalue weighted by Gasteiger charge is -2.13. The van der Waals surface area contributed by atoms with Gasteiger partial charge in [-0.1, -0.05) is 30.3 Å². The molecule has 0 bridgehead atoms. The van der Waals surface area contributed by atoms with Crippen molar-refractivity contribution in [3.8, 4) is 0 Å². The van der Waals surface area contributed by atoms with Gasteiger partial charge in [0, 0.05) is 6.42 Å². The lowest BCUT2D eigenvalue weighted by atomic mass is 9.95. The zero-order valence-electron chi connectivity index (χ0n) is 7.53. The number of alkyl halides is 1. The maximum Gasteiger partial charge on any atom is 0.247 e. The molecular formula is C10H11FN2O. The molecule has 2 atom stereocenters. The van der Waals surface area contributed by atoms with E-state index in [0.717, 1.165) is 0 Å². The zero-order chi connectivity index (χ0) is 10.2. The van der Waals surface area contributed by atoms with Crippen LogP contribution in [0.3, 0.4) is 0 Å². The number of hydrogen-bond donors (Lipinski definition) is 2. The van der Waals surface area contributed by atoms with Gasteiger partial charge in [-0.05, 0) is 5.56 Å². The van der Waals surface area contributed by atoms with Gasteiger partial charge in [0.05, 0.1) is 0 Å². The monoisotopic (exact) mass is 194 g/mol. The van der Waals surface area contributed by atoms with Gasteiger partial charge in [0.2, 0.25) is 5.91 Å². The summed E-state index contributed by atoms with van der Waals surface area (Å²) in [6, 6.07) is 8.88. The molecule has 1 aliphatic rings. The van der Waals surface area contributed by atoms with E-state index in [1.807, 2.05) is 11.5 Å². The SMILES string of the molecule is NNC(=O)[C@]1(c2ccccc2)C[C@H]1F. The van der Waals surface area contributed by atoms with Gasteiger partial charge in [0.25, 0.3) is 0 Å². The number of carbonyl (C=O) groups excluding carboxylic acids is 1. The molecule has 0 saturated heterocycles. The number of halogens is 1. The minimum absolute atomic E-state index is 0.222. The standard InChI is InChI=1S/C10H11FN2O/c11-8-6-10(8,9(14)13-12)7-4-2-1-3-5-7/h1-5,8H,6,12H2,(H,13,14)/t8-,10+/m1/s1. The van der Waals surface area contributed by atoms with E-state index in [1.165, 1.54) is 0 Å². The Morgan fingerprint density at radius 3 is 2.50 bits per heavy atom. The average Bonchev–Trinajstić information content (AvgIpc) is 2.92. The highest BCUT2D eigenvalue weighted by Crippen LogP contribution is 2.50. The van der Waals surface area contributed by atoms with E-state index in [2.05, 4.69) is 0 Å². The second-order valence-corrected chi connectivity index (χ2v) is 3.48. The predicted octanol–water partition coefficient (Wildman–Crippen LogP) is 0.656. The summed E-state index contributed by atoms with van der Waals surface area (Å²) < 4.78 is 13.2. The fraction of sp³-hybridized carbons (Fsp3) is 0.300. The molecule has 2 rings (SSSR count).